The summed E-state index contributed by atoms with van der Waals surface area (Å²) < 4.78 is 5.20. The lowest BCUT2D eigenvalue weighted by Gasteiger charge is -2.16. The Kier molecular flexibility index (Phi) is 4.76. The van der Waals surface area contributed by atoms with Crippen molar-refractivity contribution in [2.75, 3.05) is 17.3 Å². The summed E-state index contributed by atoms with van der Waals surface area (Å²) in [6.45, 7) is 0. The Morgan fingerprint density at radius 3 is 2.35 bits per heavy atom. The molecule has 5 nitrogen and oxygen atoms in total. The Morgan fingerprint density at radius 2 is 1.61 bits per heavy atom. The highest BCUT2D eigenvalue weighted by Crippen LogP contribution is 2.37. The third-order valence-electron chi connectivity index (χ3n) is 5.23. The number of carbonyl (C=O) groups excluding carboxylic acids is 2. The Morgan fingerprint density at radius 1 is 0.839 bits per heavy atom. The van der Waals surface area contributed by atoms with Crippen LogP contribution in [0.25, 0.3) is 16.3 Å². The number of benzene rings is 3. The number of nitrogens with zero attached hydrogens (tertiary/aromatic N) is 1. The van der Waals surface area contributed by atoms with Gasteiger partial charge in [-0.3, -0.25) is 9.59 Å². The number of fused-ring (bicyclic) bond motifs is 1. The Bertz CT molecular complexity index is 1320. The van der Waals surface area contributed by atoms with Crippen LogP contribution in [0.3, 0.4) is 0 Å². The molecule has 1 N–H and O–H groups in total. The van der Waals surface area contributed by atoms with Crippen molar-refractivity contribution in [3.63, 3.8) is 0 Å². The van der Waals surface area contributed by atoms with Crippen molar-refractivity contribution in [2.45, 2.75) is 0 Å². The zero-order valence-corrected chi connectivity index (χ0v) is 17.5. The van der Waals surface area contributed by atoms with Crippen LogP contribution in [0.5, 0.6) is 5.75 Å². The first-order valence-electron chi connectivity index (χ1n) is 9.73. The Hall–Kier alpha value is -3.90. The van der Waals surface area contributed by atoms with Crippen molar-refractivity contribution in [1.82, 2.24) is 0 Å². The molecule has 1 aliphatic heterocycles. The average Bonchev–Trinajstić information content (AvgIpc) is 3.41. The van der Waals surface area contributed by atoms with Crippen LogP contribution in [-0.4, -0.2) is 18.9 Å². The molecule has 0 bridgehead atoms. The average molecular weight is 426 g/mol. The third-order valence-corrected chi connectivity index (χ3v) is 6.12. The SMILES string of the molecule is COc1ccc(N2C(=O)C(Nc3cccc4ccccc34)=C(c3cccs3)C2=O)cc1. The van der Waals surface area contributed by atoms with Crippen LogP contribution in [0.1, 0.15) is 4.88 Å². The lowest BCUT2D eigenvalue weighted by Crippen LogP contribution is -2.32. The van der Waals surface area contributed by atoms with Crippen LogP contribution in [-0.2, 0) is 9.59 Å². The van der Waals surface area contributed by atoms with Crippen LogP contribution >= 0.6 is 11.3 Å². The summed E-state index contributed by atoms with van der Waals surface area (Å²) >= 11 is 1.43. The molecule has 0 radical (unpaired) electrons. The number of rotatable bonds is 5. The number of thiophene rings is 1. The molecule has 0 fully saturated rings. The molecule has 3 aromatic carbocycles. The van der Waals surface area contributed by atoms with Gasteiger partial charge in [0.05, 0.1) is 18.4 Å². The molecule has 4 aromatic rings. The summed E-state index contributed by atoms with van der Waals surface area (Å²) in [6.07, 6.45) is 0. The van der Waals surface area contributed by atoms with Crippen molar-refractivity contribution in [3.05, 3.63) is 94.8 Å². The second-order valence-corrected chi connectivity index (χ2v) is 7.97. The number of methoxy groups -OCH3 is 1. The van der Waals surface area contributed by atoms with Gasteiger partial charge < -0.3 is 10.1 Å². The molecule has 152 valence electrons. The number of nitrogens with one attached hydrogen (secondary N) is 1. The molecule has 1 aromatic heterocycles. The maximum absolute atomic E-state index is 13.5. The normalized spacial score (nSPS) is 13.9. The third kappa shape index (κ3) is 3.27. The molecule has 0 aliphatic carbocycles. The number of hydrogen-bond acceptors (Lipinski definition) is 5. The van der Waals surface area contributed by atoms with Crippen LogP contribution in [0.4, 0.5) is 11.4 Å². The highest BCUT2D eigenvalue weighted by molar-refractivity contribution is 7.11. The van der Waals surface area contributed by atoms with Gasteiger partial charge in [-0.25, -0.2) is 4.90 Å². The van der Waals surface area contributed by atoms with Gasteiger partial charge in [-0.15, -0.1) is 11.3 Å². The van der Waals surface area contributed by atoms with E-state index >= 15 is 0 Å². The monoisotopic (exact) mass is 426 g/mol. The standard InChI is InChI=1S/C25H18N2O3S/c1-30-18-13-11-17(12-14-18)27-24(28)22(21-10-5-15-31-21)23(25(27)29)26-20-9-4-7-16-6-2-3-8-19(16)20/h2-15,26H,1H3. The molecule has 0 unspecified atom stereocenters. The molecule has 0 saturated carbocycles. The van der Waals surface area contributed by atoms with Gasteiger partial charge in [0.15, 0.2) is 0 Å². The second-order valence-electron chi connectivity index (χ2n) is 7.02. The second kappa shape index (κ2) is 7.74. The van der Waals surface area contributed by atoms with Gasteiger partial charge in [-0.05, 0) is 47.2 Å². The van der Waals surface area contributed by atoms with E-state index in [0.717, 1.165) is 21.3 Å². The molecule has 6 heteroatoms. The molecular formula is C25H18N2O3S. The van der Waals surface area contributed by atoms with Crippen molar-refractivity contribution in [3.8, 4) is 5.75 Å². The predicted octanol–water partition coefficient (Wildman–Crippen LogP) is 5.31. The number of ether oxygens (including phenoxy) is 1. The van der Waals surface area contributed by atoms with Crippen molar-refractivity contribution in [2.24, 2.45) is 0 Å². The minimum atomic E-state index is -0.383. The minimum Gasteiger partial charge on any atom is -0.497 e. The summed E-state index contributed by atoms with van der Waals surface area (Å²) in [5.74, 6) is -0.0738. The topological polar surface area (TPSA) is 58.6 Å². The molecular weight excluding hydrogens is 408 g/mol. The zero-order chi connectivity index (χ0) is 21.4. The van der Waals surface area contributed by atoms with E-state index in [9.17, 15) is 9.59 Å². The Balaban J connectivity index is 1.61. The van der Waals surface area contributed by atoms with E-state index in [1.54, 1.807) is 31.4 Å². The summed E-state index contributed by atoms with van der Waals surface area (Å²) in [4.78, 5) is 28.8. The van der Waals surface area contributed by atoms with E-state index < -0.39 is 0 Å². The van der Waals surface area contributed by atoms with Gasteiger partial charge in [0.1, 0.15) is 11.4 Å². The van der Waals surface area contributed by atoms with E-state index in [4.69, 9.17) is 4.74 Å². The fraction of sp³-hybridized carbons (Fsp3) is 0.0400. The van der Waals surface area contributed by atoms with Crippen LogP contribution in [0.15, 0.2) is 89.9 Å². The first kappa shape index (κ1) is 19.1. The molecule has 2 amide bonds. The maximum Gasteiger partial charge on any atom is 0.282 e. The number of hydrogen-bond donors (Lipinski definition) is 1. The summed E-state index contributed by atoms with van der Waals surface area (Å²) in [7, 11) is 1.57. The summed E-state index contributed by atoms with van der Waals surface area (Å²) in [5, 5.41) is 7.20. The smallest absolute Gasteiger partial charge is 0.282 e. The van der Waals surface area contributed by atoms with Gasteiger partial charge in [-0.1, -0.05) is 42.5 Å². The first-order valence-corrected chi connectivity index (χ1v) is 10.6. The zero-order valence-electron chi connectivity index (χ0n) is 16.7. The van der Waals surface area contributed by atoms with Crippen molar-refractivity contribution in [1.29, 1.82) is 0 Å². The van der Waals surface area contributed by atoms with E-state index in [-0.39, 0.29) is 17.5 Å². The van der Waals surface area contributed by atoms with Gasteiger partial charge in [-0.2, -0.15) is 0 Å². The maximum atomic E-state index is 13.5. The number of amides is 2. The molecule has 1 aliphatic rings. The lowest BCUT2D eigenvalue weighted by atomic mass is 10.1. The van der Waals surface area contributed by atoms with E-state index in [1.807, 2.05) is 60.0 Å². The molecule has 5 rings (SSSR count). The van der Waals surface area contributed by atoms with Crippen LogP contribution in [0.2, 0.25) is 0 Å². The van der Waals surface area contributed by atoms with Crippen LogP contribution < -0.4 is 15.0 Å². The Labute approximate surface area is 183 Å². The molecule has 2 heterocycles. The fourth-order valence-corrected chi connectivity index (χ4v) is 4.50. The molecule has 0 saturated heterocycles. The largest absolute Gasteiger partial charge is 0.497 e. The highest BCUT2D eigenvalue weighted by atomic mass is 32.1. The lowest BCUT2D eigenvalue weighted by molar-refractivity contribution is -0.120. The first-order chi connectivity index (χ1) is 15.2. The van der Waals surface area contributed by atoms with E-state index in [1.165, 1.54) is 16.2 Å². The number of imide groups is 1. The van der Waals surface area contributed by atoms with Crippen LogP contribution in [0, 0.1) is 0 Å². The molecule has 0 spiro atoms. The van der Waals surface area contributed by atoms with Gasteiger partial charge in [0, 0.05) is 16.0 Å². The molecule has 0 atom stereocenters. The van der Waals surface area contributed by atoms with Crippen molar-refractivity contribution < 1.29 is 14.3 Å². The fourth-order valence-electron chi connectivity index (χ4n) is 3.73. The summed E-state index contributed by atoms with van der Waals surface area (Å²) in [5.41, 5.74) is 1.93. The van der Waals surface area contributed by atoms with E-state index in [0.29, 0.717) is 17.0 Å². The van der Waals surface area contributed by atoms with Gasteiger partial charge in [0.2, 0.25) is 0 Å². The van der Waals surface area contributed by atoms with Gasteiger partial charge in [0.25, 0.3) is 11.8 Å². The summed E-state index contributed by atoms with van der Waals surface area (Å²) in [6, 6.07) is 24.4. The van der Waals surface area contributed by atoms with Crippen molar-refractivity contribution >= 4 is 50.9 Å². The highest BCUT2D eigenvalue weighted by Gasteiger charge is 2.40. The quantitative estimate of drug-likeness (QED) is 0.440. The number of carbonyl (C=O) groups is 2. The number of anilines is 2. The molecule has 31 heavy (non-hydrogen) atoms. The van der Waals surface area contributed by atoms with Gasteiger partial charge >= 0.3 is 0 Å². The minimum absolute atomic E-state index is 0.277. The predicted molar refractivity (Wildman–Crippen MR) is 124 cm³/mol. The van der Waals surface area contributed by atoms with E-state index in [2.05, 4.69) is 5.32 Å².